The number of rotatable bonds is 3. The molecule has 0 spiro atoms. The second-order valence-corrected chi connectivity index (χ2v) is 7.13. The SMILES string of the molecule is CC(C)(C)[C@@H](NC(=O)c1cc(Cl)sc1Cl)C(=O)O. The van der Waals surface area contributed by atoms with Crippen molar-refractivity contribution < 1.29 is 14.7 Å². The molecular formula is C11H13Cl2NO3S. The molecule has 0 saturated carbocycles. The molecule has 100 valence electrons. The van der Waals surface area contributed by atoms with Crippen LogP contribution in [0.25, 0.3) is 0 Å². The highest BCUT2D eigenvalue weighted by Crippen LogP contribution is 2.31. The van der Waals surface area contributed by atoms with E-state index in [9.17, 15) is 9.59 Å². The summed E-state index contributed by atoms with van der Waals surface area (Å²) in [6.07, 6.45) is 0. The second kappa shape index (κ2) is 5.47. The number of hydrogen-bond acceptors (Lipinski definition) is 3. The van der Waals surface area contributed by atoms with Crippen LogP contribution in [0.4, 0.5) is 0 Å². The molecule has 7 heteroatoms. The Hall–Kier alpha value is -0.780. The fraction of sp³-hybridized carbons (Fsp3) is 0.455. The summed E-state index contributed by atoms with van der Waals surface area (Å²) in [6.45, 7) is 5.19. The average Bonchev–Trinajstić information content (AvgIpc) is 2.51. The fourth-order valence-electron chi connectivity index (χ4n) is 1.35. The predicted octanol–water partition coefficient (Wildman–Crippen LogP) is 3.28. The molecule has 4 nitrogen and oxygen atoms in total. The number of carboxylic acids is 1. The van der Waals surface area contributed by atoms with Gasteiger partial charge in [0.2, 0.25) is 0 Å². The van der Waals surface area contributed by atoms with Gasteiger partial charge in [-0.25, -0.2) is 4.79 Å². The zero-order valence-electron chi connectivity index (χ0n) is 10.1. The molecule has 0 radical (unpaired) electrons. The van der Waals surface area contributed by atoms with Crippen molar-refractivity contribution >= 4 is 46.4 Å². The minimum atomic E-state index is -1.09. The molecule has 1 amide bonds. The first-order valence-corrected chi connectivity index (χ1v) is 6.68. The zero-order valence-corrected chi connectivity index (χ0v) is 12.4. The molecule has 1 heterocycles. The summed E-state index contributed by atoms with van der Waals surface area (Å²) in [5, 5.41) is 11.6. The lowest BCUT2D eigenvalue weighted by Gasteiger charge is -2.27. The van der Waals surface area contributed by atoms with E-state index in [0.717, 1.165) is 11.3 Å². The van der Waals surface area contributed by atoms with E-state index in [1.165, 1.54) is 6.07 Å². The Morgan fingerprint density at radius 3 is 2.28 bits per heavy atom. The fourth-order valence-corrected chi connectivity index (χ4v) is 2.81. The molecule has 1 aromatic rings. The van der Waals surface area contributed by atoms with Gasteiger partial charge in [-0.3, -0.25) is 4.79 Å². The number of carbonyl (C=O) groups excluding carboxylic acids is 1. The van der Waals surface area contributed by atoms with E-state index < -0.39 is 23.3 Å². The summed E-state index contributed by atoms with van der Waals surface area (Å²) in [5.41, 5.74) is -0.407. The maximum absolute atomic E-state index is 11.9. The van der Waals surface area contributed by atoms with Gasteiger partial charge in [0.05, 0.1) is 9.90 Å². The number of thiophene rings is 1. The molecule has 0 bridgehead atoms. The van der Waals surface area contributed by atoms with Gasteiger partial charge in [0, 0.05) is 0 Å². The molecule has 0 aliphatic carbocycles. The summed E-state index contributed by atoms with van der Waals surface area (Å²) in [4.78, 5) is 23.1. The van der Waals surface area contributed by atoms with Gasteiger partial charge in [0.15, 0.2) is 0 Å². The van der Waals surface area contributed by atoms with E-state index in [0.29, 0.717) is 4.34 Å². The average molecular weight is 310 g/mol. The standard InChI is InChI=1S/C11H13Cl2NO3S/c1-11(2,3)7(10(16)17)14-9(15)5-4-6(12)18-8(5)13/h4,7H,1-3H3,(H,14,15)(H,16,17)/t7-/m0/s1. The molecule has 1 rings (SSSR count). The van der Waals surface area contributed by atoms with Crippen LogP contribution in [0.3, 0.4) is 0 Å². The molecule has 1 aromatic heterocycles. The van der Waals surface area contributed by atoms with Gasteiger partial charge in [-0.15, -0.1) is 11.3 Å². The van der Waals surface area contributed by atoms with Crippen LogP contribution in [0, 0.1) is 5.41 Å². The van der Waals surface area contributed by atoms with Gasteiger partial charge in [-0.1, -0.05) is 44.0 Å². The van der Waals surface area contributed by atoms with Crippen LogP contribution in [0.2, 0.25) is 8.67 Å². The molecule has 2 N–H and O–H groups in total. The number of halogens is 2. The van der Waals surface area contributed by atoms with Crippen molar-refractivity contribution in [1.29, 1.82) is 0 Å². The Morgan fingerprint density at radius 1 is 1.39 bits per heavy atom. The van der Waals surface area contributed by atoms with Gasteiger partial charge in [-0.2, -0.15) is 0 Å². The van der Waals surface area contributed by atoms with E-state index >= 15 is 0 Å². The van der Waals surface area contributed by atoms with Crippen molar-refractivity contribution in [3.8, 4) is 0 Å². The monoisotopic (exact) mass is 309 g/mol. The van der Waals surface area contributed by atoms with Gasteiger partial charge in [0.25, 0.3) is 5.91 Å². The van der Waals surface area contributed by atoms with E-state index in [-0.39, 0.29) is 9.90 Å². The third-order valence-electron chi connectivity index (χ3n) is 2.29. The van der Waals surface area contributed by atoms with Crippen molar-refractivity contribution in [3.05, 3.63) is 20.3 Å². The predicted molar refractivity (Wildman–Crippen MR) is 72.7 cm³/mol. The van der Waals surface area contributed by atoms with Crippen LogP contribution in [0.1, 0.15) is 31.1 Å². The van der Waals surface area contributed by atoms with E-state index in [4.69, 9.17) is 28.3 Å². The van der Waals surface area contributed by atoms with Crippen molar-refractivity contribution in [2.24, 2.45) is 5.41 Å². The first-order chi connectivity index (χ1) is 8.12. The highest BCUT2D eigenvalue weighted by molar-refractivity contribution is 7.20. The normalized spacial score (nSPS) is 13.2. The Morgan fingerprint density at radius 2 is 1.94 bits per heavy atom. The van der Waals surface area contributed by atoms with Crippen LogP contribution in [0.5, 0.6) is 0 Å². The topological polar surface area (TPSA) is 66.4 Å². The molecule has 0 aliphatic heterocycles. The lowest BCUT2D eigenvalue weighted by Crippen LogP contribution is -2.49. The minimum Gasteiger partial charge on any atom is -0.480 e. The number of hydrogen-bond donors (Lipinski definition) is 2. The van der Waals surface area contributed by atoms with E-state index in [1.54, 1.807) is 20.8 Å². The first-order valence-electron chi connectivity index (χ1n) is 5.11. The maximum Gasteiger partial charge on any atom is 0.326 e. The largest absolute Gasteiger partial charge is 0.480 e. The number of nitrogens with one attached hydrogen (secondary N) is 1. The molecule has 0 aromatic carbocycles. The Kier molecular flexibility index (Phi) is 4.64. The molecule has 0 unspecified atom stereocenters. The van der Waals surface area contributed by atoms with Gasteiger partial charge < -0.3 is 10.4 Å². The number of carboxylic acid groups (broad SMARTS) is 1. The van der Waals surface area contributed by atoms with Crippen LogP contribution in [0.15, 0.2) is 6.07 Å². The van der Waals surface area contributed by atoms with E-state index in [1.807, 2.05) is 0 Å². The molecule has 0 aliphatic rings. The summed E-state index contributed by atoms with van der Waals surface area (Å²) in [5.74, 6) is -1.63. The number of aliphatic carboxylic acids is 1. The highest BCUT2D eigenvalue weighted by Gasteiger charge is 2.33. The van der Waals surface area contributed by atoms with Crippen LogP contribution >= 0.6 is 34.5 Å². The smallest absolute Gasteiger partial charge is 0.326 e. The lowest BCUT2D eigenvalue weighted by atomic mass is 9.86. The van der Waals surface area contributed by atoms with Crippen LogP contribution in [-0.2, 0) is 4.79 Å². The van der Waals surface area contributed by atoms with E-state index in [2.05, 4.69) is 5.32 Å². The van der Waals surface area contributed by atoms with Crippen molar-refractivity contribution in [1.82, 2.24) is 5.32 Å². The Labute approximate surface area is 119 Å². The number of amides is 1. The van der Waals surface area contributed by atoms with Crippen molar-refractivity contribution in [3.63, 3.8) is 0 Å². The van der Waals surface area contributed by atoms with Crippen molar-refractivity contribution in [2.75, 3.05) is 0 Å². The molecule has 18 heavy (non-hydrogen) atoms. The first kappa shape index (κ1) is 15.3. The lowest BCUT2D eigenvalue weighted by molar-refractivity contribution is -0.142. The molecule has 0 saturated heterocycles. The quantitative estimate of drug-likeness (QED) is 0.900. The Balaban J connectivity index is 2.93. The minimum absolute atomic E-state index is 0.196. The number of carbonyl (C=O) groups is 2. The van der Waals surface area contributed by atoms with Gasteiger partial charge in [0.1, 0.15) is 10.4 Å². The Bertz CT molecular complexity index is 479. The van der Waals surface area contributed by atoms with Crippen LogP contribution in [-0.4, -0.2) is 23.0 Å². The summed E-state index contributed by atoms with van der Waals surface area (Å²) >= 11 is 12.6. The molecule has 0 fully saturated rings. The highest BCUT2D eigenvalue weighted by atomic mass is 35.5. The summed E-state index contributed by atoms with van der Waals surface area (Å²) in [6, 6.07) is 0.422. The van der Waals surface area contributed by atoms with Gasteiger partial charge >= 0.3 is 5.97 Å². The zero-order chi connectivity index (χ0) is 14.1. The summed E-state index contributed by atoms with van der Waals surface area (Å²) in [7, 11) is 0. The summed E-state index contributed by atoms with van der Waals surface area (Å²) < 4.78 is 0.628. The molecule has 1 atom stereocenters. The van der Waals surface area contributed by atoms with Crippen molar-refractivity contribution in [2.45, 2.75) is 26.8 Å². The van der Waals surface area contributed by atoms with Gasteiger partial charge in [-0.05, 0) is 11.5 Å². The second-order valence-electron chi connectivity index (χ2n) is 4.85. The molecular weight excluding hydrogens is 297 g/mol. The van der Waals surface area contributed by atoms with Crippen LogP contribution < -0.4 is 5.32 Å². The maximum atomic E-state index is 11.9. The third kappa shape index (κ3) is 3.60. The third-order valence-corrected chi connectivity index (χ3v) is 3.78.